The number of esters is 1. The Labute approximate surface area is 187 Å². The van der Waals surface area contributed by atoms with E-state index in [2.05, 4.69) is 5.32 Å². The molecule has 1 amide bonds. The first kappa shape index (κ1) is 21.5. The Morgan fingerprint density at radius 2 is 1.78 bits per heavy atom. The summed E-state index contributed by atoms with van der Waals surface area (Å²) in [6, 6.07) is 14.2. The molecule has 1 N–H and O–H groups in total. The number of halogens is 2. The van der Waals surface area contributed by atoms with Crippen molar-refractivity contribution in [1.82, 2.24) is 9.13 Å². The largest absolute Gasteiger partial charge is 0.495 e. The molecule has 0 aliphatic carbocycles. The zero-order valence-corrected chi connectivity index (χ0v) is 18.0. The third kappa shape index (κ3) is 4.04. The molecule has 0 spiro atoms. The molecule has 2 aromatic carbocycles. The molecule has 0 radical (unpaired) electrons. The monoisotopic (exact) mass is 455 g/mol. The van der Waals surface area contributed by atoms with Crippen LogP contribution < -0.4 is 10.1 Å². The van der Waals surface area contributed by atoms with Crippen LogP contribution in [-0.2, 0) is 16.1 Å². The van der Waals surface area contributed by atoms with Crippen molar-refractivity contribution in [2.45, 2.75) is 6.54 Å². The average molecular weight is 456 g/mol. The van der Waals surface area contributed by atoms with Gasteiger partial charge in [0, 0.05) is 16.9 Å². The standard InChI is InChI=1S/C23H19ClFN3O4/c1-31-21-8-3-14(24)11-17(21)26-22(29)13-28-18-9-10-27(16-6-4-15(25)5-7-16)19(18)12-20(28)23(30)32-2/h3-12H,13H2,1-2H3,(H,26,29). The first-order valence-corrected chi connectivity index (χ1v) is 9.97. The number of carbonyl (C=O) groups excluding carboxylic acids is 2. The lowest BCUT2D eigenvalue weighted by atomic mass is 10.3. The van der Waals surface area contributed by atoms with Gasteiger partial charge < -0.3 is 23.9 Å². The van der Waals surface area contributed by atoms with E-state index in [-0.39, 0.29) is 24.0 Å². The molecule has 0 aliphatic rings. The number of hydrogen-bond donors (Lipinski definition) is 1. The number of aromatic nitrogens is 2. The minimum Gasteiger partial charge on any atom is -0.495 e. The molecule has 0 aliphatic heterocycles. The second-order valence-electron chi connectivity index (χ2n) is 6.93. The highest BCUT2D eigenvalue weighted by molar-refractivity contribution is 6.31. The van der Waals surface area contributed by atoms with E-state index in [4.69, 9.17) is 21.1 Å². The van der Waals surface area contributed by atoms with E-state index < -0.39 is 5.97 Å². The van der Waals surface area contributed by atoms with Crippen molar-refractivity contribution in [3.63, 3.8) is 0 Å². The molecule has 0 unspecified atom stereocenters. The lowest BCUT2D eigenvalue weighted by molar-refractivity contribution is -0.116. The molecule has 32 heavy (non-hydrogen) atoms. The van der Waals surface area contributed by atoms with Crippen LogP contribution in [0.1, 0.15) is 10.5 Å². The third-order valence-electron chi connectivity index (χ3n) is 5.00. The van der Waals surface area contributed by atoms with Gasteiger partial charge in [0.1, 0.15) is 23.8 Å². The fourth-order valence-corrected chi connectivity index (χ4v) is 3.70. The zero-order valence-electron chi connectivity index (χ0n) is 17.3. The molecule has 7 nitrogen and oxygen atoms in total. The number of carbonyl (C=O) groups is 2. The van der Waals surface area contributed by atoms with E-state index in [9.17, 15) is 14.0 Å². The Morgan fingerprint density at radius 1 is 1.03 bits per heavy atom. The third-order valence-corrected chi connectivity index (χ3v) is 5.23. The Bertz CT molecular complexity index is 1310. The van der Waals surface area contributed by atoms with Crippen molar-refractivity contribution in [3.05, 3.63) is 77.3 Å². The number of fused-ring (bicyclic) bond motifs is 1. The zero-order chi connectivity index (χ0) is 22.8. The molecule has 2 aromatic heterocycles. The Morgan fingerprint density at radius 3 is 2.47 bits per heavy atom. The number of amides is 1. The summed E-state index contributed by atoms with van der Waals surface area (Å²) in [5.74, 6) is -0.864. The number of methoxy groups -OCH3 is 2. The van der Waals surface area contributed by atoms with E-state index in [1.807, 2.05) is 0 Å². The van der Waals surface area contributed by atoms with Crippen LogP contribution in [0.5, 0.6) is 5.75 Å². The van der Waals surface area contributed by atoms with Gasteiger partial charge >= 0.3 is 5.97 Å². The number of anilines is 1. The predicted molar refractivity (Wildman–Crippen MR) is 119 cm³/mol. The normalized spacial score (nSPS) is 10.9. The second-order valence-corrected chi connectivity index (χ2v) is 7.37. The molecular formula is C23H19ClFN3O4. The first-order chi connectivity index (χ1) is 15.4. The molecule has 9 heteroatoms. The number of hydrogen-bond acceptors (Lipinski definition) is 4. The minimum atomic E-state index is -0.583. The smallest absolute Gasteiger partial charge is 0.354 e. The van der Waals surface area contributed by atoms with Crippen molar-refractivity contribution in [2.24, 2.45) is 0 Å². The summed E-state index contributed by atoms with van der Waals surface area (Å²) in [4.78, 5) is 25.3. The van der Waals surface area contributed by atoms with Crippen LogP contribution in [0.25, 0.3) is 16.7 Å². The Hall–Kier alpha value is -3.78. The van der Waals surface area contributed by atoms with Crippen LogP contribution in [0.2, 0.25) is 5.02 Å². The molecule has 4 rings (SSSR count). The van der Waals surface area contributed by atoms with Gasteiger partial charge in [0.15, 0.2) is 0 Å². The van der Waals surface area contributed by atoms with Gasteiger partial charge in [-0.1, -0.05) is 11.6 Å². The molecule has 0 saturated heterocycles. The van der Waals surface area contributed by atoms with Gasteiger partial charge in [-0.25, -0.2) is 9.18 Å². The topological polar surface area (TPSA) is 74.5 Å². The summed E-state index contributed by atoms with van der Waals surface area (Å²) in [5, 5.41) is 3.21. The number of ether oxygens (including phenoxy) is 2. The van der Waals surface area contributed by atoms with Crippen molar-refractivity contribution >= 4 is 40.2 Å². The van der Waals surface area contributed by atoms with Gasteiger partial charge in [-0.3, -0.25) is 4.79 Å². The first-order valence-electron chi connectivity index (χ1n) is 9.59. The van der Waals surface area contributed by atoms with Gasteiger partial charge in [0.05, 0.1) is 30.9 Å². The van der Waals surface area contributed by atoms with Crippen LogP contribution >= 0.6 is 11.6 Å². The van der Waals surface area contributed by atoms with E-state index in [1.165, 1.54) is 26.4 Å². The van der Waals surface area contributed by atoms with Crippen LogP contribution in [0, 0.1) is 5.82 Å². The maximum absolute atomic E-state index is 13.3. The van der Waals surface area contributed by atoms with Crippen molar-refractivity contribution < 1.29 is 23.5 Å². The number of nitrogens with zero attached hydrogens (tertiary/aromatic N) is 2. The molecule has 2 heterocycles. The number of nitrogens with one attached hydrogen (secondary N) is 1. The number of rotatable bonds is 6. The SMILES string of the molecule is COC(=O)c1cc2c(ccn2-c2ccc(F)cc2)n1CC(=O)Nc1cc(Cl)ccc1OC. The molecular weight excluding hydrogens is 437 g/mol. The molecule has 0 fully saturated rings. The summed E-state index contributed by atoms with van der Waals surface area (Å²) < 4.78 is 26.9. The maximum Gasteiger partial charge on any atom is 0.354 e. The Kier molecular flexibility index (Phi) is 5.87. The van der Waals surface area contributed by atoms with Crippen molar-refractivity contribution in [2.75, 3.05) is 19.5 Å². The summed E-state index contributed by atoms with van der Waals surface area (Å²) >= 11 is 6.03. The lowest BCUT2D eigenvalue weighted by Gasteiger charge is -2.12. The van der Waals surface area contributed by atoms with Crippen LogP contribution in [0.3, 0.4) is 0 Å². The lowest BCUT2D eigenvalue weighted by Crippen LogP contribution is -2.22. The van der Waals surface area contributed by atoms with Gasteiger partial charge in [-0.15, -0.1) is 0 Å². The molecule has 0 bridgehead atoms. The van der Waals surface area contributed by atoms with E-state index >= 15 is 0 Å². The fourth-order valence-electron chi connectivity index (χ4n) is 3.53. The highest BCUT2D eigenvalue weighted by atomic mass is 35.5. The average Bonchev–Trinajstić information content (AvgIpc) is 3.34. The van der Waals surface area contributed by atoms with Crippen molar-refractivity contribution in [1.29, 1.82) is 0 Å². The van der Waals surface area contributed by atoms with Crippen molar-refractivity contribution in [3.8, 4) is 11.4 Å². The highest BCUT2D eigenvalue weighted by Gasteiger charge is 2.21. The van der Waals surface area contributed by atoms with Gasteiger partial charge in [-0.05, 0) is 54.6 Å². The summed E-state index contributed by atoms with van der Waals surface area (Å²) in [6.45, 7) is -0.156. The molecule has 4 aromatic rings. The van der Waals surface area contributed by atoms with E-state index in [0.717, 1.165) is 0 Å². The molecule has 0 saturated carbocycles. The predicted octanol–water partition coefficient (Wildman–Crippen LogP) is 4.66. The maximum atomic E-state index is 13.3. The summed E-state index contributed by atoms with van der Waals surface area (Å²) in [5.41, 5.74) is 2.65. The molecule has 164 valence electrons. The van der Waals surface area contributed by atoms with Gasteiger partial charge in [0.25, 0.3) is 0 Å². The summed E-state index contributed by atoms with van der Waals surface area (Å²) in [7, 11) is 2.76. The fraction of sp³-hybridized carbons (Fsp3) is 0.130. The minimum absolute atomic E-state index is 0.156. The summed E-state index contributed by atoms with van der Waals surface area (Å²) in [6.07, 6.45) is 1.79. The van der Waals surface area contributed by atoms with Crippen LogP contribution in [-0.4, -0.2) is 35.2 Å². The highest BCUT2D eigenvalue weighted by Crippen LogP contribution is 2.29. The van der Waals surface area contributed by atoms with E-state index in [1.54, 1.807) is 57.8 Å². The van der Waals surface area contributed by atoms with Gasteiger partial charge in [-0.2, -0.15) is 0 Å². The quantitative estimate of drug-likeness (QED) is 0.429. The second kappa shape index (κ2) is 8.76. The Balaban J connectivity index is 1.71. The van der Waals surface area contributed by atoms with Gasteiger partial charge in [0.2, 0.25) is 5.91 Å². The number of benzene rings is 2. The van der Waals surface area contributed by atoms with Crippen LogP contribution in [0.15, 0.2) is 60.8 Å². The van der Waals surface area contributed by atoms with E-state index in [0.29, 0.717) is 33.2 Å². The molecule has 0 atom stereocenters. The van der Waals surface area contributed by atoms with Crippen LogP contribution in [0.4, 0.5) is 10.1 Å².